The molecule has 4 aromatic rings. The van der Waals surface area contributed by atoms with Crippen LogP contribution in [-0.2, 0) is 6.61 Å². The van der Waals surface area contributed by atoms with Crippen LogP contribution in [0.4, 0.5) is 0 Å². The van der Waals surface area contributed by atoms with E-state index in [1.165, 1.54) is 11.8 Å². The number of benzene rings is 3. The summed E-state index contributed by atoms with van der Waals surface area (Å²) in [6.45, 7) is 1.85. The van der Waals surface area contributed by atoms with Crippen LogP contribution in [0.25, 0.3) is 5.69 Å². The lowest BCUT2D eigenvalue weighted by Gasteiger charge is -2.18. The van der Waals surface area contributed by atoms with Gasteiger partial charge in [0, 0.05) is 25.7 Å². The first kappa shape index (κ1) is 24.3. The SMILES string of the molecule is Cc1nnc(S[C@@H](C[N+](=O)[O-])c2cc(Br)ccc2OCc2ccc(Cl)cc2)n1-c1ccccc1. The summed E-state index contributed by atoms with van der Waals surface area (Å²) in [6, 6.07) is 22.6. The molecule has 0 saturated carbocycles. The Balaban J connectivity index is 1.67. The van der Waals surface area contributed by atoms with Gasteiger partial charge < -0.3 is 4.74 Å². The number of hydrogen-bond acceptors (Lipinski definition) is 6. The molecule has 0 amide bonds. The maximum Gasteiger partial charge on any atom is 0.220 e. The first-order valence-corrected chi connectivity index (χ1v) is 12.4. The van der Waals surface area contributed by atoms with Gasteiger partial charge in [-0.3, -0.25) is 14.7 Å². The molecule has 10 heteroatoms. The fourth-order valence-corrected chi connectivity index (χ4v) is 5.10. The Bertz CT molecular complexity index is 1290. The zero-order chi connectivity index (χ0) is 24.1. The van der Waals surface area contributed by atoms with E-state index in [4.69, 9.17) is 16.3 Å². The first-order valence-electron chi connectivity index (χ1n) is 10.3. The second-order valence-electron chi connectivity index (χ2n) is 7.42. The molecule has 0 spiro atoms. The molecule has 0 bridgehead atoms. The van der Waals surface area contributed by atoms with Gasteiger partial charge in [-0.15, -0.1) is 10.2 Å². The summed E-state index contributed by atoms with van der Waals surface area (Å²) in [4.78, 5) is 11.3. The Labute approximate surface area is 214 Å². The van der Waals surface area contributed by atoms with Crippen molar-refractivity contribution in [3.8, 4) is 11.4 Å². The van der Waals surface area contributed by atoms with Crippen molar-refractivity contribution in [3.63, 3.8) is 0 Å². The molecule has 0 aliphatic heterocycles. The zero-order valence-corrected chi connectivity index (χ0v) is 21.3. The first-order chi connectivity index (χ1) is 16.4. The summed E-state index contributed by atoms with van der Waals surface area (Å²) < 4.78 is 8.79. The van der Waals surface area contributed by atoms with Crippen molar-refractivity contribution in [1.82, 2.24) is 14.8 Å². The molecule has 0 unspecified atom stereocenters. The van der Waals surface area contributed by atoms with Gasteiger partial charge in [-0.05, 0) is 55.0 Å². The van der Waals surface area contributed by atoms with Crippen LogP contribution < -0.4 is 4.74 Å². The highest BCUT2D eigenvalue weighted by Gasteiger charge is 2.27. The molecule has 0 radical (unpaired) electrons. The maximum absolute atomic E-state index is 11.6. The molecule has 0 fully saturated rings. The van der Waals surface area contributed by atoms with Crippen molar-refractivity contribution in [2.24, 2.45) is 0 Å². The number of rotatable bonds is 9. The average Bonchev–Trinajstić information content (AvgIpc) is 3.19. The van der Waals surface area contributed by atoms with Gasteiger partial charge in [-0.1, -0.05) is 69.6 Å². The van der Waals surface area contributed by atoms with Gasteiger partial charge in [-0.25, -0.2) is 0 Å². The average molecular weight is 560 g/mol. The molecule has 0 aliphatic carbocycles. The number of para-hydroxylation sites is 1. The number of aromatic nitrogens is 3. The van der Waals surface area contributed by atoms with Gasteiger partial charge in [0.15, 0.2) is 5.16 Å². The minimum atomic E-state index is -0.557. The topological polar surface area (TPSA) is 83.1 Å². The lowest BCUT2D eigenvalue weighted by Crippen LogP contribution is -2.12. The van der Waals surface area contributed by atoms with Crippen molar-refractivity contribution in [2.45, 2.75) is 23.9 Å². The van der Waals surface area contributed by atoms with Crippen LogP contribution >= 0.6 is 39.3 Å². The molecule has 4 rings (SSSR count). The molecule has 0 saturated heterocycles. The van der Waals surface area contributed by atoms with Crippen molar-refractivity contribution in [1.29, 1.82) is 0 Å². The standard InChI is InChI=1S/C24H20BrClN4O3S/c1-16-27-28-24(30(16)20-5-3-2-4-6-20)34-23(14-29(31)32)21-13-18(25)9-12-22(21)33-15-17-7-10-19(26)11-8-17/h2-13,23H,14-15H2,1H3/t23-/m0/s1. The largest absolute Gasteiger partial charge is 0.489 e. The Kier molecular flexibility index (Phi) is 7.87. The summed E-state index contributed by atoms with van der Waals surface area (Å²) in [5.41, 5.74) is 2.53. The van der Waals surface area contributed by atoms with Gasteiger partial charge >= 0.3 is 0 Å². The molecule has 1 atom stereocenters. The number of thioether (sulfide) groups is 1. The normalized spacial score (nSPS) is 11.9. The van der Waals surface area contributed by atoms with Crippen LogP contribution in [0.1, 0.15) is 22.2 Å². The van der Waals surface area contributed by atoms with E-state index in [9.17, 15) is 10.1 Å². The van der Waals surface area contributed by atoms with E-state index < -0.39 is 5.25 Å². The lowest BCUT2D eigenvalue weighted by molar-refractivity contribution is -0.479. The quantitative estimate of drug-likeness (QED) is 0.129. The summed E-state index contributed by atoms with van der Waals surface area (Å²) >= 11 is 10.8. The zero-order valence-electron chi connectivity index (χ0n) is 18.1. The van der Waals surface area contributed by atoms with Crippen LogP contribution in [0.2, 0.25) is 5.02 Å². The predicted octanol–water partition coefficient (Wildman–Crippen LogP) is 6.68. The maximum atomic E-state index is 11.6. The number of nitrogens with zero attached hydrogens (tertiary/aromatic N) is 4. The predicted molar refractivity (Wildman–Crippen MR) is 136 cm³/mol. The number of nitro groups is 1. The molecular formula is C24H20BrClN4O3S. The van der Waals surface area contributed by atoms with Crippen molar-refractivity contribution >= 4 is 39.3 Å². The van der Waals surface area contributed by atoms with Crippen LogP contribution in [0, 0.1) is 17.0 Å². The summed E-state index contributed by atoms with van der Waals surface area (Å²) in [7, 11) is 0. The fourth-order valence-electron chi connectivity index (χ4n) is 3.40. The number of halogens is 2. The van der Waals surface area contributed by atoms with E-state index in [-0.39, 0.29) is 11.5 Å². The number of ether oxygens (including phenoxy) is 1. The monoisotopic (exact) mass is 558 g/mol. The highest BCUT2D eigenvalue weighted by molar-refractivity contribution is 9.10. The lowest BCUT2D eigenvalue weighted by atomic mass is 10.1. The molecule has 174 valence electrons. The summed E-state index contributed by atoms with van der Waals surface area (Å²) in [6.07, 6.45) is 0. The van der Waals surface area contributed by atoms with E-state index in [0.29, 0.717) is 33.9 Å². The van der Waals surface area contributed by atoms with Gasteiger partial charge in [0.1, 0.15) is 23.4 Å². The summed E-state index contributed by atoms with van der Waals surface area (Å²) in [5.74, 6) is 1.27. The third-order valence-electron chi connectivity index (χ3n) is 5.00. The van der Waals surface area contributed by atoms with Crippen LogP contribution in [0.5, 0.6) is 5.75 Å². The van der Waals surface area contributed by atoms with Crippen molar-refractivity contribution < 1.29 is 9.66 Å². The van der Waals surface area contributed by atoms with E-state index >= 15 is 0 Å². The molecule has 3 aromatic carbocycles. The minimum absolute atomic E-state index is 0.306. The Morgan fingerprint density at radius 2 is 1.85 bits per heavy atom. The third kappa shape index (κ3) is 5.97. The molecule has 1 heterocycles. The number of hydrogen-bond donors (Lipinski definition) is 0. The second kappa shape index (κ2) is 11.0. The van der Waals surface area contributed by atoms with E-state index in [2.05, 4.69) is 26.1 Å². The van der Waals surface area contributed by atoms with Gasteiger partial charge in [0.2, 0.25) is 6.54 Å². The van der Waals surface area contributed by atoms with Gasteiger partial charge in [-0.2, -0.15) is 0 Å². The van der Waals surface area contributed by atoms with Crippen molar-refractivity contribution in [2.75, 3.05) is 6.54 Å². The summed E-state index contributed by atoms with van der Waals surface area (Å²) in [5, 5.41) is 20.8. The van der Waals surface area contributed by atoms with Crippen LogP contribution in [-0.4, -0.2) is 26.2 Å². The Hall–Kier alpha value is -2.88. The van der Waals surface area contributed by atoms with Crippen molar-refractivity contribution in [3.05, 3.63) is 109 Å². The highest BCUT2D eigenvalue weighted by Crippen LogP contribution is 2.41. The fraction of sp³-hybridized carbons (Fsp3) is 0.167. The minimum Gasteiger partial charge on any atom is -0.489 e. The van der Waals surface area contributed by atoms with Gasteiger partial charge in [0.05, 0.1) is 0 Å². The molecule has 7 nitrogen and oxygen atoms in total. The van der Waals surface area contributed by atoms with Crippen LogP contribution in [0.3, 0.4) is 0 Å². The van der Waals surface area contributed by atoms with Gasteiger partial charge in [0.25, 0.3) is 0 Å². The highest BCUT2D eigenvalue weighted by atomic mass is 79.9. The Morgan fingerprint density at radius 1 is 1.12 bits per heavy atom. The molecule has 0 N–H and O–H groups in total. The molecule has 34 heavy (non-hydrogen) atoms. The van der Waals surface area contributed by atoms with E-state index in [0.717, 1.165) is 15.7 Å². The Morgan fingerprint density at radius 3 is 2.56 bits per heavy atom. The second-order valence-corrected chi connectivity index (χ2v) is 9.94. The smallest absolute Gasteiger partial charge is 0.220 e. The van der Waals surface area contributed by atoms with E-state index in [1.54, 1.807) is 12.1 Å². The molecule has 1 aromatic heterocycles. The number of aryl methyl sites for hydroxylation is 1. The molecule has 0 aliphatic rings. The molecular weight excluding hydrogens is 540 g/mol. The van der Waals surface area contributed by atoms with Crippen LogP contribution in [0.15, 0.2) is 82.4 Å². The third-order valence-corrected chi connectivity index (χ3v) is 6.91. The van der Waals surface area contributed by atoms with E-state index in [1.807, 2.05) is 72.2 Å².